The van der Waals surface area contributed by atoms with Gasteiger partial charge in [0.25, 0.3) is 0 Å². The summed E-state index contributed by atoms with van der Waals surface area (Å²) in [7, 11) is -0.151. The molecule has 0 aromatic carbocycles. The summed E-state index contributed by atoms with van der Waals surface area (Å²) in [5.41, 5.74) is 1.86. The Bertz CT molecular complexity index is 284. The lowest BCUT2D eigenvalue weighted by Crippen LogP contribution is -2.47. The molecule has 1 atom stereocenters. The van der Waals surface area contributed by atoms with Gasteiger partial charge in [0.2, 0.25) is 0 Å². The topological polar surface area (TPSA) is 44.8 Å². The molecule has 0 aliphatic heterocycles. The second-order valence-electron chi connectivity index (χ2n) is 7.26. The molecular weight excluding hydrogens is 308 g/mol. The number of carbonyl (C=O) groups is 1. The third-order valence-corrected chi connectivity index (χ3v) is 10.9. The van der Waals surface area contributed by atoms with Crippen molar-refractivity contribution in [1.82, 2.24) is 0 Å². The van der Waals surface area contributed by atoms with E-state index in [2.05, 4.69) is 41.5 Å². The minimum absolute atomic E-state index is 0.0326. The van der Waals surface area contributed by atoms with Crippen LogP contribution in [0.4, 0.5) is 0 Å². The second-order valence-corrected chi connectivity index (χ2v) is 12.7. The monoisotopic (exact) mass is 346 g/mol. The van der Waals surface area contributed by atoms with E-state index in [1.165, 1.54) is 0 Å². The van der Waals surface area contributed by atoms with Crippen LogP contribution in [0.2, 0.25) is 16.6 Å². The van der Waals surface area contributed by atoms with E-state index in [9.17, 15) is 4.79 Å². The Labute approximate surface area is 144 Å². The molecule has 0 aliphatic carbocycles. The maximum atomic E-state index is 10.7. The van der Waals surface area contributed by atoms with Gasteiger partial charge in [-0.25, -0.2) is 0 Å². The minimum Gasteiger partial charge on any atom is -0.416 e. The molecule has 0 unspecified atom stereocenters. The van der Waals surface area contributed by atoms with Crippen LogP contribution < -0.4 is 0 Å². The molecule has 0 rings (SSSR count). The first-order valence-corrected chi connectivity index (χ1v) is 11.1. The van der Waals surface area contributed by atoms with Crippen molar-refractivity contribution in [2.75, 3.05) is 20.5 Å². The van der Waals surface area contributed by atoms with Crippen LogP contribution in [0, 0.1) is 0 Å². The Balaban J connectivity index is 4.32. The molecule has 5 heteroatoms. The molecule has 0 saturated heterocycles. The predicted molar refractivity (Wildman–Crippen MR) is 98.3 cm³/mol. The molecule has 0 aliphatic rings. The zero-order chi connectivity index (χ0) is 17.9. The van der Waals surface area contributed by atoms with Crippen LogP contribution in [-0.2, 0) is 18.7 Å². The lowest BCUT2D eigenvalue weighted by molar-refractivity contribution is -0.115. The number of unbranched alkanes of at least 4 members (excludes halogenated alkanes) is 1. The molecule has 138 valence electrons. The van der Waals surface area contributed by atoms with Crippen LogP contribution in [0.5, 0.6) is 0 Å². The van der Waals surface area contributed by atoms with E-state index in [4.69, 9.17) is 13.9 Å². The van der Waals surface area contributed by atoms with Crippen molar-refractivity contribution in [1.29, 1.82) is 0 Å². The van der Waals surface area contributed by atoms with Crippen molar-refractivity contribution in [3.63, 3.8) is 0 Å². The summed E-state index contributed by atoms with van der Waals surface area (Å²) < 4.78 is 17.0. The molecular formula is C18H38O4Si. The van der Waals surface area contributed by atoms with E-state index >= 15 is 0 Å². The van der Waals surface area contributed by atoms with E-state index in [1.807, 2.05) is 0 Å². The fraction of sp³-hybridized carbons (Fsp3) is 0.944. The summed E-state index contributed by atoms with van der Waals surface area (Å²) in [6, 6.07) is 0. The molecule has 4 nitrogen and oxygen atoms in total. The molecule has 23 heavy (non-hydrogen) atoms. The molecule has 0 N–H and O–H groups in total. The van der Waals surface area contributed by atoms with Gasteiger partial charge in [0.15, 0.2) is 8.32 Å². The SMILES string of the molecule is COCO[C@@H](CC=O)CCCCO[Si](C(C)C)(C(C)C)C(C)C. The van der Waals surface area contributed by atoms with E-state index in [-0.39, 0.29) is 12.9 Å². The smallest absolute Gasteiger partial charge is 0.200 e. The van der Waals surface area contributed by atoms with E-state index in [0.29, 0.717) is 23.0 Å². The average Bonchev–Trinajstić information content (AvgIpc) is 2.46. The second kappa shape index (κ2) is 12.2. The van der Waals surface area contributed by atoms with Crippen LogP contribution >= 0.6 is 0 Å². The summed E-state index contributed by atoms with van der Waals surface area (Å²) in [6.07, 6.45) is 4.24. The van der Waals surface area contributed by atoms with Gasteiger partial charge in [0, 0.05) is 20.1 Å². The van der Waals surface area contributed by atoms with Gasteiger partial charge in [-0.15, -0.1) is 0 Å². The largest absolute Gasteiger partial charge is 0.416 e. The standard InChI is InChI=1S/C18H38O4Si/c1-15(2)23(16(3)4,17(5)6)22-13-9-8-10-18(11-12-19)21-14-20-7/h12,15-18H,8-11,13-14H2,1-7H3/t18-/m1/s1. The number of carbonyl (C=O) groups excluding carboxylic acids is 1. The molecule has 0 radical (unpaired) electrons. The third kappa shape index (κ3) is 7.46. The molecule has 0 heterocycles. The lowest BCUT2D eigenvalue weighted by Gasteiger charge is -2.42. The predicted octanol–water partition coefficient (Wildman–Crippen LogP) is 4.93. The molecule has 0 aromatic heterocycles. The highest BCUT2D eigenvalue weighted by Crippen LogP contribution is 2.42. The van der Waals surface area contributed by atoms with Gasteiger partial charge in [-0.2, -0.15) is 0 Å². The summed E-state index contributed by atoms with van der Waals surface area (Å²) in [5, 5.41) is 0. The highest BCUT2D eigenvalue weighted by atomic mass is 28.4. The van der Waals surface area contributed by atoms with Crippen molar-refractivity contribution < 1.29 is 18.7 Å². The molecule has 0 bridgehead atoms. The Morgan fingerprint density at radius 3 is 1.96 bits per heavy atom. The van der Waals surface area contributed by atoms with Crippen LogP contribution in [0.15, 0.2) is 0 Å². The van der Waals surface area contributed by atoms with E-state index in [0.717, 1.165) is 32.2 Å². The zero-order valence-corrected chi connectivity index (χ0v) is 17.3. The fourth-order valence-electron chi connectivity index (χ4n) is 3.76. The van der Waals surface area contributed by atoms with Crippen molar-refractivity contribution in [2.24, 2.45) is 0 Å². The Morgan fingerprint density at radius 2 is 1.52 bits per heavy atom. The number of hydrogen-bond acceptors (Lipinski definition) is 4. The average molecular weight is 347 g/mol. The van der Waals surface area contributed by atoms with Crippen LogP contribution in [0.3, 0.4) is 0 Å². The van der Waals surface area contributed by atoms with Gasteiger partial charge < -0.3 is 18.7 Å². The van der Waals surface area contributed by atoms with Gasteiger partial charge in [0.05, 0.1) is 6.10 Å². The summed E-state index contributed by atoms with van der Waals surface area (Å²) >= 11 is 0. The van der Waals surface area contributed by atoms with Crippen molar-refractivity contribution >= 4 is 14.6 Å². The Kier molecular flexibility index (Phi) is 12.1. The maximum absolute atomic E-state index is 10.7. The fourth-order valence-corrected chi connectivity index (χ4v) is 9.26. The lowest BCUT2D eigenvalue weighted by atomic mass is 10.1. The first-order valence-electron chi connectivity index (χ1n) is 9.00. The summed E-state index contributed by atoms with van der Waals surface area (Å²) in [6.45, 7) is 14.9. The number of aldehydes is 1. The van der Waals surface area contributed by atoms with Crippen molar-refractivity contribution in [3.05, 3.63) is 0 Å². The highest BCUT2D eigenvalue weighted by molar-refractivity contribution is 6.77. The minimum atomic E-state index is -1.75. The highest BCUT2D eigenvalue weighted by Gasteiger charge is 2.44. The molecule has 0 spiro atoms. The van der Waals surface area contributed by atoms with Gasteiger partial charge >= 0.3 is 0 Å². The quantitative estimate of drug-likeness (QED) is 0.194. The third-order valence-electron chi connectivity index (χ3n) is 4.76. The molecule has 0 amide bonds. The molecule has 0 fully saturated rings. The number of methoxy groups -OCH3 is 1. The number of rotatable bonds is 14. The molecule has 0 aromatic rings. The van der Waals surface area contributed by atoms with Crippen LogP contribution in [0.25, 0.3) is 0 Å². The maximum Gasteiger partial charge on any atom is 0.200 e. The molecule has 0 saturated carbocycles. The van der Waals surface area contributed by atoms with E-state index in [1.54, 1.807) is 7.11 Å². The normalized spacial score (nSPS) is 14.0. The number of hydrogen-bond donors (Lipinski definition) is 0. The summed E-state index contributed by atoms with van der Waals surface area (Å²) in [4.78, 5) is 10.7. The van der Waals surface area contributed by atoms with Gasteiger partial charge in [-0.3, -0.25) is 0 Å². The van der Waals surface area contributed by atoms with Gasteiger partial charge in [-0.05, 0) is 35.9 Å². The van der Waals surface area contributed by atoms with Crippen LogP contribution in [-0.4, -0.2) is 41.2 Å². The Hall–Kier alpha value is -0.233. The zero-order valence-electron chi connectivity index (χ0n) is 16.3. The van der Waals surface area contributed by atoms with Gasteiger partial charge in [-0.1, -0.05) is 41.5 Å². The Morgan fingerprint density at radius 1 is 0.957 bits per heavy atom. The van der Waals surface area contributed by atoms with E-state index < -0.39 is 8.32 Å². The first-order chi connectivity index (χ1) is 10.8. The summed E-state index contributed by atoms with van der Waals surface area (Å²) in [5.74, 6) is 0. The number of ether oxygens (including phenoxy) is 2. The van der Waals surface area contributed by atoms with Crippen molar-refractivity contribution in [3.8, 4) is 0 Å². The van der Waals surface area contributed by atoms with Gasteiger partial charge in [0.1, 0.15) is 13.1 Å². The van der Waals surface area contributed by atoms with Crippen LogP contribution in [0.1, 0.15) is 67.2 Å². The first kappa shape index (κ1) is 22.8. The van der Waals surface area contributed by atoms with Crippen molar-refractivity contribution in [2.45, 2.75) is 90.0 Å².